The van der Waals surface area contributed by atoms with Gasteiger partial charge in [-0.1, -0.05) is 18.2 Å². The molecule has 0 amide bonds. The van der Waals surface area contributed by atoms with Gasteiger partial charge in [-0.15, -0.1) is 0 Å². The summed E-state index contributed by atoms with van der Waals surface area (Å²) < 4.78 is 1.52. The summed E-state index contributed by atoms with van der Waals surface area (Å²) in [7, 11) is 0. The number of aromatic nitrogens is 2. The van der Waals surface area contributed by atoms with E-state index < -0.39 is 0 Å². The largest absolute Gasteiger partial charge is 0.269 e. The van der Waals surface area contributed by atoms with Gasteiger partial charge in [-0.2, -0.15) is 0 Å². The van der Waals surface area contributed by atoms with Crippen LogP contribution in [0, 0.1) is 6.92 Å². The molecule has 0 bridgehead atoms. The molecule has 3 heteroatoms. The van der Waals surface area contributed by atoms with E-state index in [9.17, 15) is 4.79 Å². The summed E-state index contributed by atoms with van der Waals surface area (Å²) in [5.41, 5.74) is 1.52. The third-order valence-corrected chi connectivity index (χ3v) is 1.98. The Bertz CT molecular complexity index is 488. The van der Waals surface area contributed by atoms with Crippen molar-refractivity contribution in [3.8, 4) is 5.69 Å². The first-order chi connectivity index (χ1) is 6.77. The molecule has 2 aromatic rings. The molecule has 70 valence electrons. The van der Waals surface area contributed by atoms with E-state index in [4.69, 9.17) is 0 Å². The minimum Gasteiger partial charge on any atom is -0.269 e. The molecule has 0 N–H and O–H groups in total. The normalized spacial score (nSPS) is 10.1. The summed E-state index contributed by atoms with van der Waals surface area (Å²) in [5.74, 6) is 0. The number of benzene rings is 1. The quantitative estimate of drug-likeness (QED) is 0.677. The van der Waals surface area contributed by atoms with Crippen LogP contribution in [0.1, 0.15) is 5.69 Å². The van der Waals surface area contributed by atoms with Crippen LogP contribution in [0.15, 0.2) is 47.5 Å². The molecule has 1 aromatic heterocycles. The molecule has 3 nitrogen and oxygen atoms in total. The average molecular weight is 186 g/mol. The third kappa shape index (κ3) is 1.57. The van der Waals surface area contributed by atoms with Gasteiger partial charge in [-0.3, -0.25) is 9.36 Å². The van der Waals surface area contributed by atoms with Gasteiger partial charge in [0.05, 0.1) is 5.69 Å². The summed E-state index contributed by atoms with van der Waals surface area (Å²) in [6.07, 6.45) is 1.55. The van der Waals surface area contributed by atoms with Crippen molar-refractivity contribution in [2.24, 2.45) is 0 Å². The highest BCUT2D eigenvalue weighted by molar-refractivity contribution is 5.30. The number of aryl methyl sites for hydroxylation is 1. The Hall–Kier alpha value is -1.90. The van der Waals surface area contributed by atoms with Gasteiger partial charge in [0.1, 0.15) is 6.33 Å². The maximum absolute atomic E-state index is 11.6. The van der Waals surface area contributed by atoms with Gasteiger partial charge in [0.15, 0.2) is 0 Å². The second-order valence-corrected chi connectivity index (χ2v) is 3.07. The van der Waals surface area contributed by atoms with Crippen LogP contribution < -0.4 is 5.56 Å². The van der Waals surface area contributed by atoms with Crippen molar-refractivity contribution in [2.45, 2.75) is 6.92 Å². The van der Waals surface area contributed by atoms with Gasteiger partial charge >= 0.3 is 0 Å². The average Bonchev–Trinajstić information content (AvgIpc) is 2.19. The smallest absolute Gasteiger partial charge is 0.258 e. The molecule has 1 heterocycles. The standard InChI is InChI=1S/C11H10N2O/c1-9-7-11(14)13(8-12-9)10-5-3-2-4-6-10/h2-8H,1H3. The minimum absolute atomic E-state index is 0.0521. The number of hydrogen-bond acceptors (Lipinski definition) is 2. The highest BCUT2D eigenvalue weighted by Gasteiger charge is 1.98. The number of para-hydroxylation sites is 1. The first-order valence-corrected chi connectivity index (χ1v) is 4.38. The lowest BCUT2D eigenvalue weighted by molar-refractivity contribution is 0.916. The number of hydrogen-bond donors (Lipinski definition) is 0. The van der Waals surface area contributed by atoms with Crippen molar-refractivity contribution < 1.29 is 0 Å². The van der Waals surface area contributed by atoms with Crippen LogP contribution in [0.3, 0.4) is 0 Å². The Labute approximate surface area is 81.7 Å². The fourth-order valence-electron chi connectivity index (χ4n) is 1.27. The molecule has 0 unspecified atom stereocenters. The van der Waals surface area contributed by atoms with Gasteiger partial charge in [0, 0.05) is 11.8 Å². The first kappa shape index (κ1) is 8.69. The summed E-state index contributed by atoms with van der Waals surface area (Å²) in [6.45, 7) is 1.80. The van der Waals surface area contributed by atoms with Gasteiger partial charge in [-0.05, 0) is 19.1 Å². The van der Waals surface area contributed by atoms with Crippen molar-refractivity contribution in [1.29, 1.82) is 0 Å². The summed E-state index contributed by atoms with van der Waals surface area (Å²) in [6, 6.07) is 11.0. The fourth-order valence-corrected chi connectivity index (χ4v) is 1.27. The minimum atomic E-state index is -0.0521. The molecule has 0 saturated heterocycles. The molecule has 14 heavy (non-hydrogen) atoms. The van der Waals surface area contributed by atoms with Gasteiger partial charge < -0.3 is 0 Å². The molecule has 1 aromatic carbocycles. The monoisotopic (exact) mass is 186 g/mol. The van der Waals surface area contributed by atoms with E-state index in [1.807, 2.05) is 30.3 Å². The predicted molar refractivity (Wildman–Crippen MR) is 54.6 cm³/mol. The molecule has 0 radical (unpaired) electrons. The molecule has 0 aliphatic carbocycles. The number of rotatable bonds is 1. The van der Waals surface area contributed by atoms with Gasteiger partial charge in [0.25, 0.3) is 5.56 Å². The zero-order valence-corrected chi connectivity index (χ0v) is 7.84. The Morgan fingerprint density at radius 1 is 1.21 bits per heavy atom. The van der Waals surface area contributed by atoms with E-state index in [0.29, 0.717) is 0 Å². The SMILES string of the molecule is Cc1cc(=O)n(-c2ccccc2)cn1. The lowest BCUT2D eigenvalue weighted by Gasteiger charge is -2.03. The van der Waals surface area contributed by atoms with Gasteiger partial charge in [0.2, 0.25) is 0 Å². The third-order valence-electron chi connectivity index (χ3n) is 1.98. The van der Waals surface area contributed by atoms with Crippen molar-refractivity contribution in [3.05, 3.63) is 58.8 Å². The highest BCUT2D eigenvalue weighted by Crippen LogP contribution is 2.02. The predicted octanol–water partition coefficient (Wildman–Crippen LogP) is 1.54. The molecule has 0 spiro atoms. The lowest BCUT2D eigenvalue weighted by atomic mass is 10.3. The van der Waals surface area contributed by atoms with Crippen molar-refractivity contribution in [3.63, 3.8) is 0 Å². The van der Waals surface area contributed by atoms with Crippen LogP contribution in [0.5, 0.6) is 0 Å². The van der Waals surface area contributed by atoms with Crippen LogP contribution in [0.2, 0.25) is 0 Å². The molecule has 0 aliphatic rings. The Morgan fingerprint density at radius 3 is 2.57 bits per heavy atom. The van der Waals surface area contributed by atoms with Gasteiger partial charge in [-0.25, -0.2) is 4.98 Å². The lowest BCUT2D eigenvalue weighted by Crippen LogP contribution is -2.17. The Morgan fingerprint density at radius 2 is 1.93 bits per heavy atom. The second-order valence-electron chi connectivity index (χ2n) is 3.07. The van der Waals surface area contributed by atoms with Crippen LogP contribution in [-0.4, -0.2) is 9.55 Å². The molecule has 0 atom stereocenters. The maximum atomic E-state index is 11.6. The number of nitrogens with zero attached hydrogens (tertiary/aromatic N) is 2. The van der Waals surface area contributed by atoms with Crippen LogP contribution in [-0.2, 0) is 0 Å². The second kappa shape index (κ2) is 3.46. The highest BCUT2D eigenvalue weighted by atomic mass is 16.1. The van der Waals surface area contributed by atoms with Crippen LogP contribution >= 0.6 is 0 Å². The van der Waals surface area contributed by atoms with Crippen LogP contribution in [0.4, 0.5) is 0 Å². The summed E-state index contributed by atoms with van der Waals surface area (Å²) in [5, 5.41) is 0. The molecular formula is C11H10N2O. The van der Waals surface area contributed by atoms with E-state index in [1.54, 1.807) is 13.3 Å². The summed E-state index contributed by atoms with van der Waals surface area (Å²) >= 11 is 0. The van der Waals surface area contributed by atoms with E-state index in [2.05, 4.69) is 4.98 Å². The van der Waals surface area contributed by atoms with Crippen molar-refractivity contribution in [1.82, 2.24) is 9.55 Å². The van der Waals surface area contributed by atoms with E-state index in [1.165, 1.54) is 10.6 Å². The molecule has 0 aliphatic heterocycles. The maximum Gasteiger partial charge on any atom is 0.258 e. The Kier molecular flexibility index (Phi) is 2.14. The van der Waals surface area contributed by atoms with E-state index in [0.717, 1.165) is 11.4 Å². The summed E-state index contributed by atoms with van der Waals surface area (Å²) in [4.78, 5) is 15.6. The zero-order chi connectivity index (χ0) is 9.97. The van der Waals surface area contributed by atoms with Crippen LogP contribution in [0.25, 0.3) is 5.69 Å². The molecule has 0 saturated carbocycles. The topological polar surface area (TPSA) is 34.9 Å². The first-order valence-electron chi connectivity index (χ1n) is 4.38. The molecular weight excluding hydrogens is 176 g/mol. The van der Waals surface area contributed by atoms with Crippen molar-refractivity contribution >= 4 is 0 Å². The zero-order valence-electron chi connectivity index (χ0n) is 7.84. The van der Waals surface area contributed by atoms with E-state index >= 15 is 0 Å². The Balaban J connectivity index is 2.59. The molecule has 2 rings (SSSR count). The van der Waals surface area contributed by atoms with E-state index in [-0.39, 0.29) is 5.56 Å². The van der Waals surface area contributed by atoms with Crippen molar-refractivity contribution in [2.75, 3.05) is 0 Å². The molecule has 0 fully saturated rings. The fraction of sp³-hybridized carbons (Fsp3) is 0.0909.